The van der Waals surface area contributed by atoms with Gasteiger partial charge in [0.1, 0.15) is 5.69 Å². The van der Waals surface area contributed by atoms with Gasteiger partial charge in [-0.1, -0.05) is 25.7 Å². The topological polar surface area (TPSA) is 59.2 Å². The molecule has 0 fully saturated rings. The van der Waals surface area contributed by atoms with Crippen LogP contribution in [0.2, 0.25) is 0 Å². The molecule has 0 spiro atoms. The summed E-state index contributed by atoms with van der Waals surface area (Å²) in [6.45, 7) is 9.27. The molecule has 0 atom stereocenters. The molecule has 0 unspecified atom stereocenters. The first-order valence-electron chi connectivity index (χ1n) is 6.91. The monoisotopic (exact) mass is 273 g/mol. The maximum absolute atomic E-state index is 12.5. The Balaban J connectivity index is 2.89. The van der Waals surface area contributed by atoms with Gasteiger partial charge in [0.15, 0.2) is 0 Å². The molecule has 1 rings (SSSR count). The van der Waals surface area contributed by atoms with E-state index in [1.165, 1.54) is 0 Å². The number of carbonyl (C=O) groups is 1. The molecule has 0 aliphatic rings. The summed E-state index contributed by atoms with van der Waals surface area (Å²) in [5, 5.41) is 0. The van der Waals surface area contributed by atoms with Crippen molar-refractivity contribution >= 4 is 5.91 Å². The Morgan fingerprint density at radius 3 is 2.50 bits per heavy atom. The van der Waals surface area contributed by atoms with Crippen LogP contribution in [-0.2, 0) is 0 Å². The van der Waals surface area contributed by atoms with Gasteiger partial charge in [-0.05, 0) is 31.9 Å². The average molecular weight is 273 g/mol. The van der Waals surface area contributed by atoms with Crippen LogP contribution in [-0.4, -0.2) is 34.9 Å². The normalized spacial score (nSPS) is 10.3. The molecule has 0 bridgehead atoms. The van der Waals surface area contributed by atoms with Crippen molar-refractivity contribution in [3.63, 3.8) is 0 Å². The Hall–Kier alpha value is -1.86. The minimum Gasteiger partial charge on any atom is -0.335 e. The van der Waals surface area contributed by atoms with Crippen LogP contribution < -0.4 is 5.73 Å². The van der Waals surface area contributed by atoms with Crippen molar-refractivity contribution in [2.75, 3.05) is 13.1 Å². The third kappa shape index (κ3) is 4.67. The number of nitrogens with two attached hydrogens (primary N) is 1. The molecule has 0 aliphatic heterocycles. The molecule has 1 aromatic heterocycles. The van der Waals surface area contributed by atoms with Gasteiger partial charge in [-0.3, -0.25) is 4.79 Å². The largest absolute Gasteiger partial charge is 0.335 e. The Morgan fingerprint density at radius 1 is 1.35 bits per heavy atom. The van der Waals surface area contributed by atoms with Crippen LogP contribution in [0.15, 0.2) is 18.3 Å². The van der Waals surface area contributed by atoms with E-state index < -0.39 is 0 Å². The summed E-state index contributed by atoms with van der Waals surface area (Å²) in [6.07, 6.45) is 1.61. The predicted octanol–water partition coefficient (Wildman–Crippen LogP) is 1.90. The molecule has 1 heterocycles. The lowest BCUT2D eigenvalue weighted by atomic mass is 10.1. The molecule has 0 aromatic carbocycles. The van der Waals surface area contributed by atoms with Gasteiger partial charge in [-0.25, -0.2) is 4.98 Å². The van der Waals surface area contributed by atoms with E-state index in [-0.39, 0.29) is 11.9 Å². The molecule has 1 aromatic rings. The summed E-state index contributed by atoms with van der Waals surface area (Å²) in [4.78, 5) is 18.5. The van der Waals surface area contributed by atoms with Gasteiger partial charge >= 0.3 is 0 Å². The van der Waals surface area contributed by atoms with Crippen LogP contribution in [0, 0.1) is 17.8 Å². The highest BCUT2D eigenvalue weighted by Crippen LogP contribution is 2.10. The standard InChI is InChI=1S/C16H23N3O/c1-12(2)11-19(13(3)4)16(20)15-8-7-14(10-18-15)6-5-9-17/h7-8,10,12-13H,9,11,17H2,1-4H3. The number of rotatable bonds is 4. The minimum atomic E-state index is -0.0352. The molecule has 0 radical (unpaired) electrons. The molecular weight excluding hydrogens is 250 g/mol. The Bertz CT molecular complexity index is 495. The van der Waals surface area contributed by atoms with Gasteiger partial charge in [0.25, 0.3) is 5.91 Å². The lowest BCUT2D eigenvalue weighted by Crippen LogP contribution is -2.39. The number of pyridine rings is 1. The number of amides is 1. The highest BCUT2D eigenvalue weighted by molar-refractivity contribution is 5.92. The van der Waals surface area contributed by atoms with Crippen molar-refractivity contribution in [3.05, 3.63) is 29.6 Å². The first-order valence-corrected chi connectivity index (χ1v) is 6.91. The molecule has 0 saturated heterocycles. The zero-order chi connectivity index (χ0) is 15.1. The zero-order valence-electron chi connectivity index (χ0n) is 12.7. The van der Waals surface area contributed by atoms with Crippen molar-refractivity contribution in [2.24, 2.45) is 11.7 Å². The van der Waals surface area contributed by atoms with E-state index in [0.29, 0.717) is 18.2 Å². The summed E-state index contributed by atoms with van der Waals surface area (Å²) in [6, 6.07) is 3.68. The Morgan fingerprint density at radius 2 is 2.05 bits per heavy atom. The Labute approximate surface area is 121 Å². The highest BCUT2D eigenvalue weighted by atomic mass is 16.2. The molecule has 1 amide bonds. The summed E-state index contributed by atoms with van der Waals surface area (Å²) >= 11 is 0. The Kier molecular flexibility index (Phi) is 6.20. The average Bonchev–Trinajstić information content (AvgIpc) is 2.42. The first-order chi connectivity index (χ1) is 9.45. The first kappa shape index (κ1) is 16.2. The highest BCUT2D eigenvalue weighted by Gasteiger charge is 2.20. The molecule has 0 aliphatic carbocycles. The maximum Gasteiger partial charge on any atom is 0.272 e. The second kappa shape index (κ2) is 7.66. The number of hydrogen-bond donors (Lipinski definition) is 1. The third-order valence-electron chi connectivity index (χ3n) is 2.76. The van der Waals surface area contributed by atoms with Gasteiger partial charge in [0, 0.05) is 24.3 Å². The van der Waals surface area contributed by atoms with Gasteiger partial charge in [0.2, 0.25) is 0 Å². The van der Waals surface area contributed by atoms with E-state index in [0.717, 1.165) is 12.1 Å². The van der Waals surface area contributed by atoms with Crippen molar-refractivity contribution in [2.45, 2.75) is 33.7 Å². The summed E-state index contributed by atoms with van der Waals surface area (Å²) < 4.78 is 0. The molecule has 4 heteroatoms. The van der Waals surface area contributed by atoms with Gasteiger partial charge < -0.3 is 10.6 Å². The van der Waals surface area contributed by atoms with Crippen molar-refractivity contribution in [1.29, 1.82) is 0 Å². The summed E-state index contributed by atoms with van der Waals surface area (Å²) in [5.41, 5.74) is 6.55. The van der Waals surface area contributed by atoms with Crippen LogP contribution in [0.4, 0.5) is 0 Å². The van der Waals surface area contributed by atoms with Crippen molar-refractivity contribution < 1.29 is 4.79 Å². The van der Waals surface area contributed by atoms with E-state index in [1.54, 1.807) is 18.3 Å². The van der Waals surface area contributed by atoms with Crippen LogP contribution in [0.1, 0.15) is 43.7 Å². The molecular formula is C16H23N3O. The number of hydrogen-bond acceptors (Lipinski definition) is 3. The molecule has 20 heavy (non-hydrogen) atoms. The van der Waals surface area contributed by atoms with Crippen molar-refractivity contribution in [1.82, 2.24) is 9.88 Å². The molecule has 4 nitrogen and oxygen atoms in total. The quantitative estimate of drug-likeness (QED) is 0.852. The van der Waals surface area contributed by atoms with Crippen LogP contribution >= 0.6 is 0 Å². The fraction of sp³-hybridized carbons (Fsp3) is 0.500. The summed E-state index contributed by atoms with van der Waals surface area (Å²) in [5.74, 6) is 6.05. The van der Waals surface area contributed by atoms with Crippen LogP contribution in [0.5, 0.6) is 0 Å². The smallest absolute Gasteiger partial charge is 0.272 e. The molecule has 108 valence electrons. The van der Waals surface area contributed by atoms with Gasteiger partial charge in [-0.2, -0.15) is 0 Å². The second-order valence-electron chi connectivity index (χ2n) is 5.38. The minimum absolute atomic E-state index is 0.0352. The van der Waals surface area contributed by atoms with E-state index in [4.69, 9.17) is 5.73 Å². The van der Waals surface area contributed by atoms with Crippen LogP contribution in [0.3, 0.4) is 0 Å². The lowest BCUT2D eigenvalue weighted by molar-refractivity contribution is 0.0676. The maximum atomic E-state index is 12.5. The number of aromatic nitrogens is 1. The second-order valence-corrected chi connectivity index (χ2v) is 5.38. The van der Waals surface area contributed by atoms with Crippen LogP contribution in [0.25, 0.3) is 0 Å². The molecule has 0 saturated carbocycles. The number of carbonyl (C=O) groups excluding carboxylic acids is 1. The fourth-order valence-electron chi connectivity index (χ4n) is 1.82. The zero-order valence-corrected chi connectivity index (χ0v) is 12.7. The number of nitrogens with zero attached hydrogens (tertiary/aromatic N) is 2. The van der Waals surface area contributed by atoms with Gasteiger partial charge in [-0.15, -0.1) is 0 Å². The van der Waals surface area contributed by atoms with Crippen molar-refractivity contribution in [3.8, 4) is 11.8 Å². The summed E-state index contributed by atoms with van der Waals surface area (Å²) in [7, 11) is 0. The van der Waals surface area contributed by atoms with E-state index in [2.05, 4.69) is 30.7 Å². The fourth-order valence-corrected chi connectivity index (χ4v) is 1.82. The van der Waals surface area contributed by atoms with E-state index >= 15 is 0 Å². The van der Waals surface area contributed by atoms with E-state index in [1.807, 2.05) is 18.7 Å². The van der Waals surface area contributed by atoms with E-state index in [9.17, 15) is 4.79 Å². The third-order valence-corrected chi connectivity index (χ3v) is 2.76. The predicted molar refractivity (Wildman–Crippen MR) is 81.2 cm³/mol. The lowest BCUT2D eigenvalue weighted by Gasteiger charge is -2.28. The van der Waals surface area contributed by atoms with Gasteiger partial charge in [0.05, 0.1) is 6.54 Å². The molecule has 2 N–H and O–H groups in total. The SMILES string of the molecule is CC(C)CN(C(=O)c1ccc(C#CCN)cn1)C(C)C.